The first-order valence-electron chi connectivity index (χ1n) is 5.96. The quantitative estimate of drug-likeness (QED) is 0.844. The fourth-order valence-electron chi connectivity index (χ4n) is 1.35. The molecule has 0 fully saturated rings. The Morgan fingerprint density at radius 2 is 1.84 bits per heavy atom. The van der Waals surface area contributed by atoms with Gasteiger partial charge >= 0.3 is 0 Å². The van der Waals surface area contributed by atoms with E-state index in [9.17, 15) is 18.3 Å². The lowest BCUT2D eigenvalue weighted by molar-refractivity contribution is 0.0518. The first-order chi connectivity index (χ1) is 8.65. The summed E-state index contributed by atoms with van der Waals surface area (Å²) in [6.45, 7) is 3.61. The number of hydrogen-bond donors (Lipinski definition) is 2. The van der Waals surface area contributed by atoms with E-state index in [-0.39, 0.29) is 17.3 Å². The van der Waals surface area contributed by atoms with Gasteiger partial charge in [-0.3, -0.25) is 4.79 Å². The van der Waals surface area contributed by atoms with E-state index in [0.717, 1.165) is 6.26 Å². The van der Waals surface area contributed by atoms with Crippen LogP contribution in [-0.2, 0) is 9.84 Å². The topological polar surface area (TPSA) is 83.5 Å². The second kappa shape index (κ2) is 5.71. The lowest BCUT2D eigenvalue weighted by atomic mass is 10.0. The zero-order valence-corrected chi connectivity index (χ0v) is 12.1. The lowest BCUT2D eigenvalue weighted by Gasteiger charge is -2.21. The molecule has 106 valence electrons. The van der Waals surface area contributed by atoms with Crippen LogP contribution in [0.3, 0.4) is 0 Å². The smallest absolute Gasteiger partial charge is 0.251 e. The predicted octanol–water partition coefficient (Wildman–Crippen LogP) is 0.981. The van der Waals surface area contributed by atoms with Crippen molar-refractivity contribution in [3.63, 3.8) is 0 Å². The molecular weight excluding hydrogens is 266 g/mol. The Bertz CT molecular complexity index is 547. The molecule has 1 aromatic carbocycles. The van der Waals surface area contributed by atoms with Gasteiger partial charge in [0.05, 0.1) is 10.5 Å². The van der Waals surface area contributed by atoms with Crippen LogP contribution in [0.5, 0.6) is 0 Å². The maximum absolute atomic E-state index is 11.8. The maximum atomic E-state index is 11.8. The van der Waals surface area contributed by atoms with Crippen molar-refractivity contribution in [1.29, 1.82) is 0 Å². The van der Waals surface area contributed by atoms with Gasteiger partial charge in [0, 0.05) is 18.4 Å². The van der Waals surface area contributed by atoms with Crippen LogP contribution in [-0.4, -0.2) is 37.8 Å². The summed E-state index contributed by atoms with van der Waals surface area (Å²) in [6, 6.07) is 5.68. The Morgan fingerprint density at radius 1 is 1.32 bits per heavy atom. The molecule has 5 nitrogen and oxygen atoms in total. The van der Waals surface area contributed by atoms with E-state index in [1.54, 1.807) is 6.92 Å². The minimum Gasteiger partial charge on any atom is -0.388 e. The van der Waals surface area contributed by atoms with Crippen LogP contribution >= 0.6 is 0 Å². The average molecular weight is 285 g/mol. The zero-order valence-electron chi connectivity index (χ0n) is 11.3. The fourth-order valence-corrected chi connectivity index (χ4v) is 1.98. The van der Waals surface area contributed by atoms with Crippen molar-refractivity contribution in [2.24, 2.45) is 0 Å². The molecule has 0 spiro atoms. The molecule has 1 unspecified atom stereocenters. The molecule has 0 aliphatic heterocycles. The van der Waals surface area contributed by atoms with E-state index in [1.807, 2.05) is 6.92 Å². The monoisotopic (exact) mass is 285 g/mol. The van der Waals surface area contributed by atoms with E-state index in [0.29, 0.717) is 12.0 Å². The molecule has 1 aromatic rings. The van der Waals surface area contributed by atoms with Crippen molar-refractivity contribution in [3.05, 3.63) is 29.8 Å². The zero-order chi connectivity index (χ0) is 14.7. The SMILES string of the molecule is CCC(C)(O)CNC(=O)c1ccc(S(C)(=O)=O)cc1. The van der Waals surface area contributed by atoms with Crippen LogP contribution in [0.1, 0.15) is 30.6 Å². The minimum atomic E-state index is -3.26. The lowest BCUT2D eigenvalue weighted by Crippen LogP contribution is -2.40. The van der Waals surface area contributed by atoms with E-state index in [4.69, 9.17) is 0 Å². The van der Waals surface area contributed by atoms with Gasteiger partial charge in [-0.15, -0.1) is 0 Å². The highest BCUT2D eigenvalue weighted by Crippen LogP contribution is 2.11. The normalized spacial score (nSPS) is 14.7. The van der Waals surface area contributed by atoms with Crippen LogP contribution in [0, 0.1) is 0 Å². The number of benzene rings is 1. The molecule has 1 rings (SSSR count). The number of amides is 1. The van der Waals surface area contributed by atoms with E-state index < -0.39 is 15.4 Å². The van der Waals surface area contributed by atoms with Gasteiger partial charge in [0.2, 0.25) is 0 Å². The Kier molecular flexibility index (Phi) is 4.70. The molecular formula is C13H19NO4S. The molecule has 19 heavy (non-hydrogen) atoms. The highest BCUT2D eigenvalue weighted by molar-refractivity contribution is 7.90. The van der Waals surface area contributed by atoms with Gasteiger partial charge < -0.3 is 10.4 Å². The number of hydrogen-bond acceptors (Lipinski definition) is 4. The van der Waals surface area contributed by atoms with Gasteiger partial charge in [-0.25, -0.2) is 8.42 Å². The molecule has 0 aliphatic rings. The summed E-state index contributed by atoms with van der Waals surface area (Å²) in [4.78, 5) is 12.0. The molecule has 0 bridgehead atoms. The summed E-state index contributed by atoms with van der Waals surface area (Å²) in [7, 11) is -3.26. The maximum Gasteiger partial charge on any atom is 0.251 e. The average Bonchev–Trinajstić information content (AvgIpc) is 2.35. The van der Waals surface area contributed by atoms with Gasteiger partial charge in [0.25, 0.3) is 5.91 Å². The number of carbonyl (C=O) groups is 1. The van der Waals surface area contributed by atoms with Gasteiger partial charge in [0.1, 0.15) is 0 Å². The van der Waals surface area contributed by atoms with Crippen LogP contribution in [0.2, 0.25) is 0 Å². The van der Waals surface area contributed by atoms with Crippen LogP contribution in [0.25, 0.3) is 0 Å². The Hall–Kier alpha value is -1.40. The number of nitrogens with one attached hydrogen (secondary N) is 1. The minimum absolute atomic E-state index is 0.149. The first kappa shape index (κ1) is 15.7. The van der Waals surface area contributed by atoms with E-state index in [2.05, 4.69) is 5.32 Å². The molecule has 6 heteroatoms. The van der Waals surface area contributed by atoms with Gasteiger partial charge in [-0.05, 0) is 37.6 Å². The molecule has 0 heterocycles. The first-order valence-corrected chi connectivity index (χ1v) is 7.85. The summed E-state index contributed by atoms with van der Waals surface area (Å²) >= 11 is 0. The molecule has 1 atom stereocenters. The summed E-state index contributed by atoms with van der Waals surface area (Å²) in [5.41, 5.74) is -0.582. The van der Waals surface area contributed by atoms with Crippen molar-refractivity contribution in [1.82, 2.24) is 5.32 Å². The number of carbonyl (C=O) groups excluding carboxylic acids is 1. The third-order valence-electron chi connectivity index (χ3n) is 2.94. The number of sulfone groups is 1. The molecule has 0 aliphatic carbocycles. The Morgan fingerprint density at radius 3 is 2.26 bits per heavy atom. The van der Waals surface area contributed by atoms with Crippen molar-refractivity contribution in [2.45, 2.75) is 30.8 Å². The van der Waals surface area contributed by atoms with Gasteiger partial charge in [0.15, 0.2) is 9.84 Å². The number of rotatable bonds is 5. The summed E-state index contributed by atoms with van der Waals surface area (Å²) in [5.74, 6) is -0.339. The molecule has 0 saturated heterocycles. The summed E-state index contributed by atoms with van der Waals surface area (Å²) < 4.78 is 22.6. The molecule has 2 N–H and O–H groups in total. The number of aliphatic hydroxyl groups is 1. The largest absolute Gasteiger partial charge is 0.388 e. The van der Waals surface area contributed by atoms with Crippen molar-refractivity contribution < 1.29 is 18.3 Å². The highest BCUT2D eigenvalue weighted by atomic mass is 32.2. The van der Waals surface area contributed by atoms with Crippen LogP contribution in [0.4, 0.5) is 0 Å². The van der Waals surface area contributed by atoms with Crippen molar-refractivity contribution in [2.75, 3.05) is 12.8 Å². The molecule has 0 aromatic heterocycles. The van der Waals surface area contributed by atoms with Gasteiger partial charge in [-0.2, -0.15) is 0 Å². The molecule has 0 radical (unpaired) electrons. The molecule has 0 saturated carbocycles. The van der Waals surface area contributed by atoms with Crippen LogP contribution in [0.15, 0.2) is 29.2 Å². The second-order valence-corrected chi connectivity index (χ2v) is 6.85. The third-order valence-corrected chi connectivity index (χ3v) is 4.06. The predicted molar refractivity (Wildman–Crippen MR) is 72.8 cm³/mol. The highest BCUT2D eigenvalue weighted by Gasteiger charge is 2.19. The van der Waals surface area contributed by atoms with Crippen LogP contribution < -0.4 is 5.32 Å². The van der Waals surface area contributed by atoms with E-state index >= 15 is 0 Å². The van der Waals surface area contributed by atoms with E-state index in [1.165, 1.54) is 24.3 Å². The Balaban J connectivity index is 2.74. The second-order valence-electron chi connectivity index (χ2n) is 4.83. The summed E-state index contributed by atoms with van der Waals surface area (Å²) in [6.07, 6.45) is 1.64. The van der Waals surface area contributed by atoms with Crippen molar-refractivity contribution in [3.8, 4) is 0 Å². The van der Waals surface area contributed by atoms with Crippen molar-refractivity contribution >= 4 is 15.7 Å². The summed E-state index contributed by atoms with van der Waals surface area (Å²) in [5, 5.41) is 12.4. The van der Waals surface area contributed by atoms with Gasteiger partial charge in [-0.1, -0.05) is 6.92 Å². The fraction of sp³-hybridized carbons (Fsp3) is 0.462. The Labute approximate surface area is 113 Å². The standard InChI is InChI=1S/C13H19NO4S/c1-4-13(2,16)9-14-12(15)10-5-7-11(8-6-10)19(3,17)18/h5-8,16H,4,9H2,1-3H3,(H,14,15). The third kappa shape index (κ3) is 4.65. The molecule has 1 amide bonds.